The lowest BCUT2D eigenvalue weighted by molar-refractivity contribution is -0.868. The van der Waals surface area contributed by atoms with E-state index in [-0.39, 0.29) is 0 Å². The van der Waals surface area contributed by atoms with Crippen LogP contribution in [0.2, 0.25) is 0 Å². The van der Waals surface area contributed by atoms with Gasteiger partial charge in [-0.2, -0.15) is 8.42 Å². The minimum atomic E-state index is -3.67. The second-order valence-corrected chi connectivity index (χ2v) is 4.81. The van der Waals surface area contributed by atoms with Gasteiger partial charge >= 0.3 is 0 Å². The first kappa shape index (κ1) is 13.5. The molecule has 0 spiro atoms. The van der Waals surface area contributed by atoms with Crippen LogP contribution in [0.5, 0.6) is 0 Å². The van der Waals surface area contributed by atoms with E-state index in [2.05, 4.69) is 28.1 Å². The molecule has 0 aliphatic rings. The van der Waals surface area contributed by atoms with Crippen molar-refractivity contribution in [1.29, 1.82) is 0 Å². The summed E-state index contributed by atoms with van der Waals surface area (Å²) in [5, 5.41) is 0. The van der Waals surface area contributed by atoms with Crippen LogP contribution >= 0.6 is 0 Å². The Hall–Kier alpha value is -0.130. The Labute approximate surface area is 69.2 Å². The van der Waals surface area contributed by atoms with Crippen LogP contribution in [0.15, 0.2) is 0 Å². The number of quaternary nitrogens is 1. The van der Waals surface area contributed by atoms with E-state index in [0.29, 0.717) is 6.26 Å². The molecule has 0 aromatic heterocycles. The Morgan fingerprint density at radius 3 is 1.36 bits per heavy atom. The van der Waals surface area contributed by atoms with Crippen LogP contribution in [0.3, 0.4) is 0 Å². The smallest absolute Gasteiger partial charge is 0.261 e. The fraction of sp³-hybridized carbons (Fsp3) is 1.00. The highest BCUT2D eigenvalue weighted by Gasteiger charge is 1.97. The normalized spacial score (nSPS) is 11.8. The van der Waals surface area contributed by atoms with Crippen molar-refractivity contribution in [3.63, 3.8) is 0 Å². The fourth-order valence-corrected chi connectivity index (χ4v) is 0. The zero-order valence-electron chi connectivity index (χ0n) is 7.83. The van der Waals surface area contributed by atoms with Crippen molar-refractivity contribution in [3.05, 3.63) is 0 Å². The van der Waals surface area contributed by atoms with Crippen molar-refractivity contribution in [2.45, 2.75) is 6.92 Å². The maximum absolute atomic E-state index is 9.19. The number of hydrogen-bond donors (Lipinski definition) is 1. The predicted octanol–water partition coefficient (Wildman–Crippen LogP) is 0.216. The molecule has 1 N–H and O–H groups in total. The molecule has 70 valence electrons. The van der Waals surface area contributed by atoms with E-state index in [0.717, 1.165) is 4.48 Å². The first-order chi connectivity index (χ1) is 4.56. The minimum Gasteiger partial charge on any atom is -0.331 e. The maximum atomic E-state index is 9.19. The lowest BCUT2D eigenvalue weighted by Crippen LogP contribution is -2.33. The molecule has 0 heterocycles. The molecule has 0 rings (SSSR count). The average molecular weight is 184 g/mol. The van der Waals surface area contributed by atoms with Crippen LogP contribution in [-0.4, -0.2) is 51.4 Å². The molecule has 11 heavy (non-hydrogen) atoms. The molecule has 0 aliphatic heterocycles. The highest BCUT2D eigenvalue weighted by Crippen LogP contribution is 1.83. The van der Waals surface area contributed by atoms with Crippen LogP contribution in [0.1, 0.15) is 6.92 Å². The van der Waals surface area contributed by atoms with Gasteiger partial charge in [-0.3, -0.25) is 4.55 Å². The predicted molar refractivity (Wildman–Crippen MR) is 46.0 cm³/mol. The van der Waals surface area contributed by atoms with Crippen molar-refractivity contribution in [2.75, 3.05) is 33.9 Å². The molecule has 0 aromatic carbocycles. The first-order valence-electron chi connectivity index (χ1n) is 3.29. The monoisotopic (exact) mass is 184 g/mol. The third-order valence-electron chi connectivity index (χ3n) is 0.949. The third kappa shape index (κ3) is 74.2. The summed E-state index contributed by atoms with van der Waals surface area (Å²) in [5.74, 6) is 0. The number of rotatable bonds is 1. The minimum absolute atomic E-state index is 0.715. The molecule has 5 heteroatoms. The van der Waals surface area contributed by atoms with Gasteiger partial charge in [0.05, 0.1) is 33.9 Å². The zero-order valence-corrected chi connectivity index (χ0v) is 8.64. The molecule has 0 aromatic rings. The topological polar surface area (TPSA) is 54.4 Å². The standard InChI is InChI=1S/C5H14N.CH4O3S/c1-5-6(2,3)4;1-5(2,3)4/h5H2,1-4H3;1H3,(H,2,3,4)/q+1;. The largest absolute Gasteiger partial charge is 0.331 e. The van der Waals surface area contributed by atoms with E-state index in [1.807, 2.05) is 0 Å². The van der Waals surface area contributed by atoms with Gasteiger partial charge in [-0.05, 0) is 6.92 Å². The molecule has 0 unspecified atom stereocenters. The molecule has 0 saturated heterocycles. The Morgan fingerprint density at radius 2 is 1.36 bits per heavy atom. The second-order valence-electron chi connectivity index (χ2n) is 3.34. The van der Waals surface area contributed by atoms with Gasteiger partial charge in [-0.15, -0.1) is 0 Å². The average Bonchev–Trinajstić information content (AvgIpc) is 1.59. The summed E-state index contributed by atoms with van der Waals surface area (Å²) < 4.78 is 26.9. The molecule has 0 bridgehead atoms. The van der Waals surface area contributed by atoms with Gasteiger partial charge in [0.15, 0.2) is 0 Å². The summed E-state index contributed by atoms with van der Waals surface area (Å²) in [6.07, 6.45) is 0.715. The lowest BCUT2D eigenvalue weighted by atomic mass is 10.6. The summed E-state index contributed by atoms with van der Waals surface area (Å²) in [4.78, 5) is 0. The van der Waals surface area contributed by atoms with E-state index >= 15 is 0 Å². The Balaban J connectivity index is 0. The van der Waals surface area contributed by atoms with Crippen molar-refractivity contribution < 1.29 is 17.5 Å². The molecule has 0 amide bonds. The zero-order chi connectivity index (χ0) is 9.71. The fourth-order valence-electron chi connectivity index (χ4n) is 0. The first-order valence-corrected chi connectivity index (χ1v) is 5.14. The van der Waals surface area contributed by atoms with Crippen molar-refractivity contribution in [3.8, 4) is 0 Å². The highest BCUT2D eigenvalue weighted by molar-refractivity contribution is 7.85. The van der Waals surface area contributed by atoms with E-state index in [9.17, 15) is 8.42 Å². The van der Waals surface area contributed by atoms with Crippen LogP contribution in [-0.2, 0) is 10.1 Å². The van der Waals surface area contributed by atoms with Gasteiger partial charge in [0.2, 0.25) is 0 Å². The van der Waals surface area contributed by atoms with Gasteiger partial charge in [-0.25, -0.2) is 0 Å². The van der Waals surface area contributed by atoms with Crippen LogP contribution in [0, 0.1) is 0 Å². The Morgan fingerprint density at radius 1 is 1.27 bits per heavy atom. The molecule has 0 aliphatic carbocycles. The summed E-state index contributed by atoms with van der Waals surface area (Å²) in [7, 11) is 2.87. The van der Waals surface area contributed by atoms with Crippen LogP contribution in [0.4, 0.5) is 0 Å². The molecule has 0 saturated carbocycles. The van der Waals surface area contributed by atoms with Gasteiger partial charge in [0.25, 0.3) is 10.1 Å². The maximum Gasteiger partial charge on any atom is 0.261 e. The van der Waals surface area contributed by atoms with E-state index in [1.54, 1.807) is 0 Å². The van der Waals surface area contributed by atoms with E-state index in [1.165, 1.54) is 6.54 Å². The Kier molecular flexibility index (Phi) is 5.74. The molecule has 0 fully saturated rings. The van der Waals surface area contributed by atoms with Gasteiger partial charge in [0, 0.05) is 0 Å². The van der Waals surface area contributed by atoms with Crippen molar-refractivity contribution >= 4 is 10.1 Å². The van der Waals surface area contributed by atoms with Gasteiger partial charge in [-0.1, -0.05) is 0 Å². The quantitative estimate of drug-likeness (QED) is 0.468. The number of hydrogen-bond acceptors (Lipinski definition) is 2. The van der Waals surface area contributed by atoms with Crippen molar-refractivity contribution in [2.24, 2.45) is 0 Å². The van der Waals surface area contributed by atoms with Crippen LogP contribution < -0.4 is 0 Å². The summed E-state index contributed by atoms with van der Waals surface area (Å²) in [6.45, 7) is 3.39. The van der Waals surface area contributed by atoms with E-state index in [4.69, 9.17) is 4.55 Å². The van der Waals surface area contributed by atoms with Crippen molar-refractivity contribution in [1.82, 2.24) is 0 Å². The number of nitrogens with zero attached hydrogens (tertiary/aromatic N) is 1. The SMILES string of the molecule is CC[N+](C)(C)C.CS(=O)(=O)O. The molecule has 0 radical (unpaired) electrons. The van der Waals surface area contributed by atoms with Gasteiger partial charge in [0.1, 0.15) is 0 Å². The third-order valence-corrected chi connectivity index (χ3v) is 0.949. The summed E-state index contributed by atoms with van der Waals surface area (Å²) in [6, 6.07) is 0. The van der Waals surface area contributed by atoms with Gasteiger partial charge < -0.3 is 4.48 Å². The Bertz CT molecular complexity index is 170. The van der Waals surface area contributed by atoms with Crippen LogP contribution in [0.25, 0.3) is 0 Å². The molecule has 4 nitrogen and oxygen atoms in total. The molecular weight excluding hydrogens is 166 g/mol. The lowest BCUT2D eigenvalue weighted by Gasteiger charge is -2.20. The molecule has 0 atom stereocenters. The summed E-state index contributed by atoms with van der Waals surface area (Å²) in [5.41, 5.74) is 0. The van der Waals surface area contributed by atoms with E-state index < -0.39 is 10.1 Å². The molecular formula is C6H18NO3S+. The summed E-state index contributed by atoms with van der Waals surface area (Å²) >= 11 is 0. The second kappa shape index (κ2) is 4.69. The highest BCUT2D eigenvalue weighted by atomic mass is 32.2.